The number of nitrogens with zero attached hydrogens (tertiary/aromatic N) is 2. The first-order valence-electron chi connectivity index (χ1n) is 6.77. The minimum atomic E-state index is 0.487. The molecule has 2 aromatic heterocycles. The Hall–Kier alpha value is -1.10. The minimum absolute atomic E-state index is 0.487. The maximum absolute atomic E-state index is 6.30. The highest BCUT2D eigenvalue weighted by molar-refractivity contribution is 7.98. The van der Waals surface area contributed by atoms with E-state index in [0.29, 0.717) is 11.1 Å². The molecule has 0 spiro atoms. The summed E-state index contributed by atoms with van der Waals surface area (Å²) in [4.78, 5) is 11.3. The number of benzene rings is 1. The van der Waals surface area contributed by atoms with E-state index in [2.05, 4.69) is 42.0 Å². The van der Waals surface area contributed by atoms with Crippen LogP contribution in [0.15, 0.2) is 41.6 Å². The molecule has 0 saturated heterocycles. The third kappa shape index (κ3) is 3.39. The van der Waals surface area contributed by atoms with Crippen LogP contribution in [-0.2, 0) is 5.75 Å². The molecule has 0 amide bonds. The first-order chi connectivity index (χ1) is 10.1. The lowest BCUT2D eigenvalue weighted by Gasteiger charge is -2.01. The molecule has 21 heavy (non-hydrogen) atoms. The molecule has 0 bridgehead atoms. The smallest absolute Gasteiger partial charge is 0.190 e. The summed E-state index contributed by atoms with van der Waals surface area (Å²) in [5.41, 5.74) is 1.26. The number of hydrogen-bond acceptors (Lipinski definition) is 4. The molecule has 1 aromatic carbocycles. The van der Waals surface area contributed by atoms with E-state index in [1.54, 1.807) is 23.1 Å². The Bertz CT molecular complexity index is 754. The summed E-state index contributed by atoms with van der Waals surface area (Å²) in [6.07, 6.45) is 0. The van der Waals surface area contributed by atoms with Gasteiger partial charge in [-0.15, -0.1) is 11.3 Å². The molecule has 0 N–H and O–H groups in total. The Morgan fingerprint density at radius 1 is 1.19 bits per heavy atom. The maximum atomic E-state index is 6.30. The molecule has 2 heterocycles. The van der Waals surface area contributed by atoms with Crippen LogP contribution >= 0.6 is 34.7 Å². The fourth-order valence-electron chi connectivity index (χ4n) is 1.96. The molecular weight excluding hydrogens is 320 g/mol. The topological polar surface area (TPSA) is 25.8 Å². The first-order valence-corrected chi connectivity index (χ1v) is 8.95. The average molecular weight is 335 g/mol. The second-order valence-electron chi connectivity index (χ2n) is 5.09. The summed E-state index contributed by atoms with van der Waals surface area (Å²) in [6, 6.07) is 12.4. The van der Waals surface area contributed by atoms with Gasteiger partial charge in [-0.1, -0.05) is 67.5 Å². The Labute approximate surface area is 137 Å². The van der Waals surface area contributed by atoms with Crippen LogP contribution in [0.25, 0.3) is 10.2 Å². The van der Waals surface area contributed by atoms with Crippen LogP contribution in [0.4, 0.5) is 0 Å². The predicted octanol–water partition coefficient (Wildman–Crippen LogP) is 5.76. The van der Waals surface area contributed by atoms with Gasteiger partial charge in [0.1, 0.15) is 9.98 Å². The monoisotopic (exact) mass is 334 g/mol. The standard InChI is InChI=1S/C16H15ClN2S2/c1-10(2)13-8-12-14(17)18-16(19-15(12)21-13)20-9-11-6-4-3-5-7-11/h3-8,10H,9H2,1-2H3. The zero-order valence-corrected chi connectivity index (χ0v) is 14.2. The summed E-state index contributed by atoms with van der Waals surface area (Å²) < 4.78 is 0. The van der Waals surface area contributed by atoms with Gasteiger partial charge in [-0.05, 0) is 17.5 Å². The van der Waals surface area contributed by atoms with Crippen molar-refractivity contribution in [2.45, 2.75) is 30.7 Å². The predicted molar refractivity (Wildman–Crippen MR) is 92.5 cm³/mol. The lowest BCUT2D eigenvalue weighted by atomic mass is 10.2. The second kappa shape index (κ2) is 6.34. The summed E-state index contributed by atoms with van der Waals surface area (Å²) in [6.45, 7) is 4.36. The van der Waals surface area contributed by atoms with Crippen LogP contribution in [-0.4, -0.2) is 9.97 Å². The summed E-state index contributed by atoms with van der Waals surface area (Å²) in [5, 5.41) is 2.27. The van der Waals surface area contributed by atoms with E-state index in [-0.39, 0.29) is 0 Å². The molecule has 3 rings (SSSR count). The van der Waals surface area contributed by atoms with E-state index in [0.717, 1.165) is 21.1 Å². The van der Waals surface area contributed by atoms with Gasteiger partial charge in [0.25, 0.3) is 0 Å². The molecule has 3 aromatic rings. The van der Waals surface area contributed by atoms with Crippen LogP contribution in [0.1, 0.15) is 30.2 Å². The Kier molecular flexibility index (Phi) is 4.48. The number of thioether (sulfide) groups is 1. The van der Waals surface area contributed by atoms with Crippen LogP contribution in [0.3, 0.4) is 0 Å². The van der Waals surface area contributed by atoms with E-state index < -0.39 is 0 Å². The van der Waals surface area contributed by atoms with E-state index in [4.69, 9.17) is 11.6 Å². The van der Waals surface area contributed by atoms with Crippen molar-refractivity contribution in [2.75, 3.05) is 0 Å². The summed E-state index contributed by atoms with van der Waals surface area (Å²) in [5.74, 6) is 1.34. The van der Waals surface area contributed by atoms with Crippen molar-refractivity contribution in [3.63, 3.8) is 0 Å². The highest BCUT2D eigenvalue weighted by atomic mass is 35.5. The van der Waals surface area contributed by atoms with Gasteiger partial charge in [-0.3, -0.25) is 0 Å². The molecule has 108 valence electrons. The second-order valence-corrected chi connectivity index (χ2v) is 7.46. The van der Waals surface area contributed by atoms with Gasteiger partial charge in [0.2, 0.25) is 0 Å². The Balaban J connectivity index is 1.86. The number of thiophene rings is 1. The SMILES string of the molecule is CC(C)c1cc2c(Cl)nc(SCc3ccccc3)nc2s1. The molecule has 0 atom stereocenters. The zero-order valence-electron chi connectivity index (χ0n) is 11.8. The van der Waals surface area contributed by atoms with Crippen molar-refractivity contribution >= 4 is 44.9 Å². The Morgan fingerprint density at radius 3 is 2.67 bits per heavy atom. The van der Waals surface area contributed by atoms with Crippen molar-refractivity contribution in [1.29, 1.82) is 0 Å². The third-order valence-electron chi connectivity index (χ3n) is 3.12. The molecule has 0 aliphatic carbocycles. The van der Waals surface area contributed by atoms with Gasteiger partial charge in [0, 0.05) is 16.0 Å². The number of hydrogen-bond donors (Lipinski definition) is 0. The number of aromatic nitrogens is 2. The van der Waals surface area contributed by atoms with Crippen LogP contribution in [0.2, 0.25) is 5.15 Å². The van der Waals surface area contributed by atoms with Crippen molar-refractivity contribution < 1.29 is 0 Å². The van der Waals surface area contributed by atoms with Crippen molar-refractivity contribution in [2.24, 2.45) is 0 Å². The van der Waals surface area contributed by atoms with E-state index >= 15 is 0 Å². The highest BCUT2D eigenvalue weighted by Gasteiger charge is 2.12. The average Bonchev–Trinajstić information content (AvgIpc) is 2.91. The first kappa shape index (κ1) is 14.8. The van der Waals surface area contributed by atoms with Gasteiger partial charge < -0.3 is 0 Å². The normalized spacial score (nSPS) is 11.4. The van der Waals surface area contributed by atoms with Crippen LogP contribution in [0, 0.1) is 0 Å². The van der Waals surface area contributed by atoms with Gasteiger partial charge >= 0.3 is 0 Å². The van der Waals surface area contributed by atoms with Crippen LogP contribution in [0.5, 0.6) is 0 Å². The fraction of sp³-hybridized carbons (Fsp3) is 0.250. The minimum Gasteiger partial charge on any atom is -0.211 e. The molecular formula is C16H15ClN2S2. The van der Waals surface area contributed by atoms with Crippen molar-refractivity contribution in [1.82, 2.24) is 9.97 Å². The van der Waals surface area contributed by atoms with Gasteiger partial charge in [0.05, 0.1) is 0 Å². The Morgan fingerprint density at radius 2 is 1.95 bits per heavy atom. The molecule has 0 aliphatic heterocycles. The largest absolute Gasteiger partial charge is 0.211 e. The van der Waals surface area contributed by atoms with Gasteiger partial charge in [0.15, 0.2) is 5.16 Å². The highest BCUT2D eigenvalue weighted by Crippen LogP contribution is 2.34. The summed E-state index contributed by atoms with van der Waals surface area (Å²) >= 11 is 9.63. The molecule has 0 saturated carbocycles. The summed E-state index contributed by atoms with van der Waals surface area (Å²) in [7, 11) is 0. The number of fused-ring (bicyclic) bond motifs is 1. The van der Waals surface area contributed by atoms with Crippen molar-refractivity contribution in [3.8, 4) is 0 Å². The van der Waals surface area contributed by atoms with E-state index in [9.17, 15) is 0 Å². The van der Waals surface area contributed by atoms with Crippen LogP contribution < -0.4 is 0 Å². The fourth-order valence-corrected chi connectivity index (χ4v) is 4.18. The van der Waals surface area contributed by atoms with Gasteiger partial charge in [-0.25, -0.2) is 9.97 Å². The zero-order chi connectivity index (χ0) is 14.8. The quantitative estimate of drug-likeness (QED) is 0.344. The number of halogens is 1. The van der Waals surface area contributed by atoms with Gasteiger partial charge in [-0.2, -0.15) is 0 Å². The van der Waals surface area contributed by atoms with E-state index in [1.165, 1.54) is 10.4 Å². The molecule has 0 radical (unpaired) electrons. The molecule has 2 nitrogen and oxygen atoms in total. The molecule has 0 aliphatic rings. The maximum Gasteiger partial charge on any atom is 0.190 e. The lowest BCUT2D eigenvalue weighted by molar-refractivity contribution is 0.890. The number of rotatable bonds is 4. The van der Waals surface area contributed by atoms with Crippen molar-refractivity contribution in [3.05, 3.63) is 52.0 Å². The molecule has 0 unspecified atom stereocenters. The van der Waals surface area contributed by atoms with E-state index in [1.807, 2.05) is 18.2 Å². The lowest BCUT2D eigenvalue weighted by Crippen LogP contribution is -1.88. The molecule has 5 heteroatoms. The molecule has 0 fully saturated rings. The third-order valence-corrected chi connectivity index (χ3v) is 5.66.